The molecule has 9 nitrogen and oxygen atoms in total. The van der Waals surface area contributed by atoms with Crippen molar-refractivity contribution in [1.29, 1.82) is 0 Å². The third kappa shape index (κ3) is 3.07. The maximum absolute atomic E-state index is 12.4. The lowest BCUT2D eigenvalue weighted by molar-refractivity contribution is -0.385. The Bertz CT molecular complexity index is 609. The highest BCUT2D eigenvalue weighted by molar-refractivity contribution is 5.84. The summed E-state index contributed by atoms with van der Waals surface area (Å²) in [5.74, 6) is -1.63. The molecule has 0 unspecified atom stereocenters. The Morgan fingerprint density at radius 1 is 1.50 bits per heavy atom. The molecular formula is C13H18N4O5. The van der Waals surface area contributed by atoms with Crippen LogP contribution in [0.1, 0.15) is 33.1 Å². The SMILES string of the molecule is CC(C)(C(=O)N[C@H]1CC[C@@H](C(=O)O)C1)n1cc([N+](=O)[O-])cn1. The predicted molar refractivity (Wildman–Crippen MR) is 75.1 cm³/mol. The molecule has 1 aliphatic rings. The maximum atomic E-state index is 12.4. The summed E-state index contributed by atoms with van der Waals surface area (Å²) >= 11 is 0. The first kappa shape index (κ1) is 15.9. The van der Waals surface area contributed by atoms with Crippen LogP contribution in [0.5, 0.6) is 0 Å². The number of hydrogen-bond donors (Lipinski definition) is 2. The Morgan fingerprint density at radius 3 is 2.68 bits per heavy atom. The Balaban J connectivity index is 2.04. The van der Waals surface area contributed by atoms with E-state index in [-0.39, 0.29) is 17.6 Å². The first-order valence-corrected chi connectivity index (χ1v) is 6.95. The quantitative estimate of drug-likeness (QED) is 0.614. The van der Waals surface area contributed by atoms with Crippen LogP contribution in [-0.4, -0.2) is 37.7 Å². The lowest BCUT2D eigenvalue weighted by Crippen LogP contribution is -2.48. The van der Waals surface area contributed by atoms with Crippen molar-refractivity contribution in [1.82, 2.24) is 15.1 Å². The smallest absolute Gasteiger partial charge is 0.307 e. The van der Waals surface area contributed by atoms with Crippen molar-refractivity contribution in [3.63, 3.8) is 0 Å². The average Bonchev–Trinajstić information content (AvgIpc) is 3.07. The Kier molecular flexibility index (Phi) is 4.16. The number of nitrogens with zero attached hydrogens (tertiary/aromatic N) is 3. The summed E-state index contributed by atoms with van der Waals surface area (Å²) in [6, 6.07) is -0.196. The average molecular weight is 310 g/mol. The first-order chi connectivity index (χ1) is 10.2. The summed E-state index contributed by atoms with van der Waals surface area (Å²) in [6.07, 6.45) is 3.84. The van der Waals surface area contributed by atoms with Crippen molar-refractivity contribution in [2.75, 3.05) is 0 Å². The second-order valence-corrected chi connectivity index (χ2v) is 5.98. The van der Waals surface area contributed by atoms with Crippen LogP contribution in [0.4, 0.5) is 5.69 Å². The normalized spacial score (nSPS) is 21.5. The van der Waals surface area contributed by atoms with Gasteiger partial charge in [-0.1, -0.05) is 0 Å². The highest BCUT2D eigenvalue weighted by atomic mass is 16.6. The van der Waals surface area contributed by atoms with E-state index in [1.807, 2.05) is 0 Å². The van der Waals surface area contributed by atoms with Gasteiger partial charge in [0.2, 0.25) is 5.91 Å². The molecule has 2 rings (SSSR count). The Morgan fingerprint density at radius 2 is 2.18 bits per heavy atom. The van der Waals surface area contributed by atoms with E-state index < -0.39 is 22.3 Å². The van der Waals surface area contributed by atoms with Crippen molar-refractivity contribution < 1.29 is 19.6 Å². The molecule has 1 aliphatic carbocycles. The lowest BCUT2D eigenvalue weighted by atomic mass is 10.0. The predicted octanol–water partition coefficient (Wildman–Crippen LogP) is 0.896. The maximum Gasteiger partial charge on any atom is 0.307 e. The van der Waals surface area contributed by atoms with Gasteiger partial charge in [-0.05, 0) is 33.1 Å². The van der Waals surface area contributed by atoms with Gasteiger partial charge in [0.05, 0.1) is 10.8 Å². The third-order valence-electron chi connectivity index (χ3n) is 4.03. The van der Waals surface area contributed by atoms with E-state index >= 15 is 0 Å². The van der Waals surface area contributed by atoms with Crippen LogP contribution in [0, 0.1) is 16.0 Å². The summed E-state index contributed by atoms with van der Waals surface area (Å²) in [6.45, 7) is 3.20. The van der Waals surface area contributed by atoms with Crippen LogP contribution in [0.25, 0.3) is 0 Å². The molecule has 0 bridgehead atoms. The minimum absolute atomic E-state index is 0.187. The number of amides is 1. The number of rotatable bonds is 5. The van der Waals surface area contributed by atoms with Crippen LogP contribution in [-0.2, 0) is 15.1 Å². The molecule has 2 atom stereocenters. The molecule has 2 N–H and O–H groups in total. The summed E-state index contributed by atoms with van der Waals surface area (Å²) in [5, 5.41) is 26.3. The second-order valence-electron chi connectivity index (χ2n) is 5.98. The van der Waals surface area contributed by atoms with Gasteiger partial charge in [0.25, 0.3) is 0 Å². The summed E-state index contributed by atoms with van der Waals surface area (Å²) in [5.41, 5.74) is -1.29. The molecule has 1 amide bonds. The van der Waals surface area contributed by atoms with Gasteiger partial charge < -0.3 is 10.4 Å². The number of aromatic nitrogens is 2. The number of aliphatic carboxylic acids is 1. The van der Waals surface area contributed by atoms with Crippen LogP contribution >= 0.6 is 0 Å². The van der Waals surface area contributed by atoms with Crippen molar-refractivity contribution in [3.8, 4) is 0 Å². The molecule has 22 heavy (non-hydrogen) atoms. The minimum atomic E-state index is -1.10. The molecule has 120 valence electrons. The van der Waals surface area contributed by atoms with Gasteiger partial charge in [-0.3, -0.25) is 24.4 Å². The first-order valence-electron chi connectivity index (χ1n) is 6.95. The molecule has 9 heteroatoms. The number of carbonyl (C=O) groups is 2. The number of hydrogen-bond acceptors (Lipinski definition) is 5. The van der Waals surface area contributed by atoms with Gasteiger partial charge in [-0.25, -0.2) is 0 Å². The molecule has 0 radical (unpaired) electrons. The van der Waals surface area contributed by atoms with E-state index in [0.29, 0.717) is 19.3 Å². The van der Waals surface area contributed by atoms with Crippen molar-refractivity contribution in [2.24, 2.45) is 5.92 Å². The van der Waals surface area contributed by atoms with E-state index in [2.05, 4.69) is 10.4 Å². The fourth-order valence-electron chi connectivity index (χ4n) is 2.52. The molecule has 0 aliphatic heterocycles. The molecule has 1 aromatic rings. The molecule has 0 aromatic carbocycles. The lowest BCUT2D eigenvalue weighted by Gasteiger charge is -2.26. The number of carboxylic acid groups (broad SMARTS) is 1. The van der Waals surface area contributed by atoms with Crippen molar-refractivity contribution in [3.05, 3.63) is 22.5 Å². The number of carboxylic acids is 1. The van der Waals surface area contributed by atoms with E-state index in [9.17, 15) is 19.7 Å². The number of nitro groups is 1. The zero-order valence-electron chi connectivity index (χ0n) is 12.4. The van der Waals surface area contributed by atoms with E-state index in [1.54, 1.807) is 13.8 Å². The van der Waals surface area contributed by atoms with Crippen LogP contribution in [0.3, 0.4) is 0 Å². The molecule has 1 fully saturated rings. The summed E-state index contributed by atoms with van der Waals surface area (Å²) in [4.78, 5) is 33.4. The van der Waals surface area contributed by atoms with Crippen molar-refractivity contribution >= 4 is 17.6 Å². The fourth-order valence-corrected chi connectivity index (χ4v) is 2.52. The van der Waals surface area contributed by atoms with E-state index in [1.165, 1.54) is 10.9 Å². The summed E-state index contributed by atoms with van der Waals surface area (Å²) in [7, 11) is 0. The standard InChI is InChI=1S/C13H18N4O5/c1-13(2,16-7-10(6-14-16)17(21)22)12(20)15-9-4-3-8(5-9)11(18)19/h6-9H,3-5H2,1-2H3,(H,15,20)(H,18,19)/t8-,9+/m1/s1. The largest absolute Gasteiger partial charge is 0.481 e. The van der Waals surface area contributed by atoms with Crippen LogP contribution in [0.15, 0.2) is 12.4 Å². The minimum Gasteiger partial charge on any atom is -0.481 e. The highest BCUT2D eigenvalue weighted by Gasteiger charge is 2.36. The molecule has 0 saturated heterocycles. The van der Waals surface area contributed by atoms with Crippen LogP contribution < -0.4 is 5.32 Å². The van der Waals surface area contributed by atoms with Gasteiger partial charge in [0.1, 0.15) is 17.9 Å². The summed E-state index contributed by atoms with van der Waals surface area (Å²) < 4.78 is 1.24. The second kappa shape index (κ2) is 5.74. The Hall–Kier alpha value is -2.45. The van der Waals surface area contributed by atoms with E-state index in [4.69, 9.17) is 5.11 Å². The van der Waals surface area contributed by atoms with Gasteiger partial charge in [-0.15, -0.1) is 0 Å². The van der Waals surface area contributed by atoms with E-state index in [0.717, 1.165) is 6.20 Å². The molecule has 0 spiro atoms. The van der Waals surface area contributed by atoms with Gasteiger partial charge in [-0.2, -0.15) is 5.10 Å². The molecule has 1 heterocycles. The number of nitrogens with one attached hydrogen (secondary N) is 1. The highest BCUT2D eigenvalue weighted by Crippen LogP contribution is 2.27. The molecular weight excluding hydrogens is 292 g/mol. The Labute approximate surface area is 126 Å². The third-order valence-corrected chi connectivity index (χ3v) is 4.03. The zero-order valence-corrected chi connectivity index (χ0v) is 12.4. The van der Waals surface area contributed by atoms with Gasteiger partial charge >= 0.3 is 11.7 Å². The monoisotopic (exact) mass is 310 g/mol. The zero-order chi connectivity index (χ0) is 16.5. The topological polar surface area (TPSA) is 127 Å². The number of carbonyl (C=O) groups excluding carboxylic acids is 1. The molecule has 1 saturated carbocycles. The molecule has 1 aromatic heterocycles. The van der Waals surface area contributed by atoms with Gasteiger partial charge in [0, 0.05) is 6.04 Å². The van der Waals surface area contributed by atoms with Gasteiger partial charge in [0.15, 0.2) is 0 Å². The van der Waals surface area contributed by atoms with Crippen molar-refractivity contribution in [2.45, 2.75) is 44.7 Å². The van der Waals surface area contributed by atoms with Crippen LogP contribution in [0.2, 0.25) is 0 Å². The fraction of sp³-hybridized carbons (Fsp3) is 0.615.